The second-order valence-electron chi connectivity index (χ2n) is 6.54. The summed E-state index contributed by atoms with van der Waals surface area (Å²) in [6.45, 7) is 6.01. The van der Waals surface area contributed by atoms with Gasteiger partial charge < -0.3 is 14.6 Å². The number of aryl methyl sites for hydroxylation is 1. The van der Waals surface area contributed by atoms with Crippen LogP contribution in [0.15, 0.2) is 22.9 Å². The Hall–Kier alpha value is -2.19. The highest BCUT2D eigenvalue weighted by atomic mass is 16.5. The Morgan fingerprint density at radius 3 is 3.12 bits per heavy atom. The van der Waals surface area contributed by atoms with Crippen LogP contribution in [0, 0.1) is 12.8 Å². The van der Waals surface area contributed by atoms with E-state index in [1.807, 2.05) is 19.2 Å². The van der Waals surface area contributed by atoms with Crippen LogP contribution in [0.2, 0.25) is 0 Å². The number of nitrogens with zero attached hydrogens (tertiary/aromatic N) is 4. The van der Waals surface area contributed by atoms with Gasteiger partial charge in [0.25, 0.3) is 0 Å². The molecule has 1 amide bonds. The molecule has 136 valence electrons. The average Bonchev–Trinajstić information content (AvgIpc) is 3.13. The van der Waals surface area contributed by atoms with E-state index in [2.05, 4.69) is 31.2 Å². The molecule has 25 heavy (non-hydrogen) atoms. The van der Waals surface area contributed by atoms with E-state index in [1.165, 1.54) is 12.8 Å². The van der Waals surface area contributed by atoms with Gasteiger partial charge >= 0.3 is 0 Å². The number of ether oxygens (including phenoxy) is 1. The van der Waals surface area contributed by atoms with E-state index in [-0.39, 0.29) is 12.5 Å². The van der Waals surface area contributed by atoms with Gasteiger partial charge in [0.05, 0.1) is 11.4 Å². The Balaban J connectivity index is 1.61. The van der Waals surface area contributed by atoms with Crippen LogP contribution in [0.5, 0.6) is 0 Å². The van der Waals surface area contributed by atoms with Crippen molar-refractivity contribution in [2.75, 3.05) is 26.8 Å². The first kappa shape index (κ1) is 17.6. The second-order valence-corrected chi connectivity index (χ2v) is 6.54. The maximum absolute atomic E-state index is 11.5. The van der Waals surface area contributed by atoms with E-state index in [1.54, 1.807) is 0 Å². The van der Waals surface area contributed by atoms with Crippen molar-refractivity contribution in [3.63, 3.8) is 0 Å². The maximum atomic E-state index is 11.5. The van der Waals surface area contributed by atoms with Crippen LogP contribution in [0.4, 0.5) is 0 Å². The van der Waals surface area contributed by atoms with Gasteiger partial charge in [-0.1, -0.05) is 5.16 Å². The molecule has 0 bridgehead atoms. The average molecular weight is 347 g/mol. The molecule has 2 aromatic heterocycles. The van der Waals surface area contributed by atoms with Crippen molar-refractivity contribution >= 4 is 5.91 Å². The predicted molar refractivity (Wildman–Crippen MR) is 90.6 cm³/mol. The molecule has 0 unspecified atom stereocenters. The summed E-state index contributed by atoms with van der Waals surface area (Å²) in [5.41, 5.74) is 2.14. The number of fused-ring (bicyclic) bond motifs is 1. The van der Waals surface area contributed by atoms with Crippen molar-refractivity contribution in [3.8, 4) is 0 Å². The highest BCUT2D eigenvalue weighted by Crippen LogP contribution is 2.20. The third-order valence-electron chi connectivity index (χ3n) is 4.35. The summed E-state index contributed by atoms with van der Waals surface area (Å²) in [5.74, 6) is 1.15. The number of aromatic nitrogens is 3. The molecule has 0 saturated carbocycles. The lowest BCUT2D eigenvalue weighted by Crippen LogP contribution is -2.32. The van der Waals surface area contributed by atoms with Crippen LogP contribution in [0.25, 0.3) is 0 Å². The first-order chi connectivity index (χ1) is 12.1. The molecule has 2 aromatic rings. The van der Waals surface area contributed by atoms with E-state index in [9.17, 15) is 4.79 Å². The number of methoxy groups -OCH3 is 1. The Bertz CT molecular complexity index is 696. The molecule has 0 saturated heterocycles. The molecule has 0 aromatic carbocycles. The van der Waals surface area contributed by atoms with Crippen molar-refractivity contribution < 1.29 is 14.1 Å². The molecule has 8 heteroatoms. The number of carbonyl (C=O) groups excluding carboxylic acids is 1. The highest BCUT2D eigenvalue weighted by molar-refractivity contribution is 5.77. The maximum Gasteiger partial charge on any atom is 0.245 e. The lowest BCUT2D eigenvalue weighted by molar-refractivity contribution is -0.124. The van der Waals surface area contributed by atoms with Crippen LogP contribution >= 0.6 is 0 Å². The molecule has 1 atom stereocenters. The van der Waals surface area contributed by atoms with Gasteiger partial charge in [-0.05, 0) is 25.3 Å². The fourth-order valence-corrected chi connectivity index (χ4v) is 3.24. The third-order valence-corrected chi connectivity index (χ3v) is 4.35. The minimum absolute atomic E-state index is 0.0779. The fourth-order valence-electron chi connectivity index (χ4n) is 3.24. The lowest BCUT2D eigenvalue weighted by atomic mass is 10.1. The van der Waals surface area contributed by atoms with Crippen molar-refractivity contribution in [3.05, 3.63) is 35.5 Å². The minimum Gasteiger partial charge on any atom is -0.375 e. The standard InChI is InChI=1S/C17H25N5O3/c1-13-7-15(20-25-13)10-21-8-14(3-5-18-17(23)12-24-2)9-22-16(11-21)4-6-19-22/h4,6-7,14H,3,5,8-12H2,1-2H3,(H,18,23)/t14-/m0/s1. The third kappa shape index (κ3) is 4.90. The van der Waals surface area contributed by atoms with Gasteiger partial charge in [-0.3, -0.25) is 14.4 Å². The summed E-state index contributed by atoms with van der Waals surface area (Å²) in [7, 11) is 1.52. The normalized spacial score (nSPS) is 17.9. The van der Waals surface area contributed by atoms with Crippen LogP contribution in [0.1, 0.15) is 23.6 Å². The molecule has 0 aliphatic carbocycles. The topological polar surface area (TPSA) is 85.4 Å². The Morgan fingerprint density at radius 1 is 1.48 bits per heavy atom. The van der Waals surface area contributed by atoms with E-state index >= 15 is 0 Å². The van der Waals surface area contributed by atoms with Crippen LogP contribution in [-0.4, -0.2) is 52.6 Å². The summed E-state index contributed by atoms with van der Waals surface area (Å²) >= 11 is 0. The number of hydrogen-bond donors (Lipinski definition) is 1. The first-order valence-electron chi connectivity index (χ1n) is 8.55. The van der Waals surface area contributed by atoms with Crippen LogP contribution in [0.3, 0.4) is 0 Å². The largest absolute Gasteiger partial charge is 0.375 e. The van der Waals surface area contributed by atoms with E-state index in [4.69, 9.17) is 9.26 Å². The van der Waals surface area contributed by atoms with Gasteiger partial charge in [-0.15, -0.1) is 0 Å². The highest BCUT2D eigenvalue weighted by Gasteiger charge is 2.23. The van der Waals surface area contributed by atoms with Gasteiger partial charge in [-0.2, -0.15) is 5.10 Å². The molecule has 3 heterocycles. The zero-order valence-corrected chi connectivity index (χ0v) is 14.8. The number of hydrogen-bond acceptors (Lipinski definition) is 6. The number of nitrogens with one attached hydrogen (secondary N) is 1. The van der Waals surface area contributed by atoms with Gasteiger partial charge in [0, 0.05) is 52.1 Å². The van der Waals surface area contributed by atoms with Gasteiger partial charge in [0.1, 0.15) is 12.4 Å². The van der Waals surface area contributed by atoms with Crippen LogP contribution < -0.4 is 5.32 Å². The lowest BCUT2D eigenvalue weighted by Gasteiger charge is -2.23. The summed E-state index contributed by atoms with van der Waals surface area (Å²) in [5, 5.41) is 11.4. The predicted octanol–water partition coefficient (Wildman–Crippen LogP) is 0.964. The quantitative estimate of drug-likeness (QED) is 0.803. The molecule has 0 radical (unpaired) electrons. The Morgan fingerprint density at radius 2 is 2.36 bits per heavy atom. The van der Waals surface area contributed by atoms with Crippen molar-refractivity contribution in [1.82, 2.24) is 25.2 Å². The summed E-state index contributed by atoms with van der Waals surface area (Å²) in [6.07, 6.45) is 2.74. The Labute approximate surface area is 147 Å². The van der Waals surface area contributed by atoms with E-state index in [0.717, 1.165) is 44.1 Å². The monoisotopic (exact) mass is 347 g/mol. The molecule has 0 fully saturated rings. The molecule has 1 aliphatic rings. The molecule has 0 spiro atoms. The molecule has 3 rings (SSSR count). The summed E-state index contributed by atoms with van der Waals surface area (Å²) in [6, 6.07) is 4.03. The second kappa shape index (κ2) is 8.26. The fraction of sp³-hybridized carbons (Fsp3) is 0.588. The van der Waals surface area contributed by atoms with E-state index in [0.29, 0.717) is 12.5 Å². The summed E-state index contributed by atoms with van der Waals surface area (Å²) < 4.78 is 12.1. The smallest absolute Gasteiger partial charge is 0.245 e. The summed E-state index contributed by atoms with van der Waals surface area (Å²) in [4.78, 5) is 13.9. The van der Waals surface area contributed by atoms with E-state index < -0.39 is 0 Å². The molecule has 8 nitrogen and oxygen atoms in total. The van der Waals surface area contributed by atoms with Crippen molar-refractivity contribution in [1.29, 1.82) is 0 Å². The first-order valence-corrected chi connectivity index (χ1v) is 8.55. The SMILES string of the molecule is COCC(=O)NCC[C@H]1CN(Cc2cc(C)on2)Cc2ccnn2C1. The Kier molecular flexibility index (Phi) is 5.83. The van der Waals surface area contributed by atoms with Gasteiger partial charge in [0.15, 0.2) is 0 Å². The van der Waals surface area contributed by atoms with Gasteiger partial charge in [0.2, 0.25) is 5.91 Å². The molecular formula is C17H25N5O3. The van der Waals surface area contributed by atoms with Crippen LogP contribution in [-0.2, 0) is 29.2 Å². The zero-order valence-electron chi connectivity index (χ0n) is 14.8. The minimum atomic E-state index is -0.0779. The van der Waals surface area contributed by atoms with Crippen molar-refractivity contribution in [2.45, 2.75) is 33.0 Å². The number of carbonyl (C=O) groups is 1. The van der Waals surface area contributed by atoms with Gasteiger partial charge in [-0.25, -0.2) is 0 Å². The zero-order chi connectivity index (χ0) is 17.6. The number of rotatable bonds is 7. The molecular weight excluding hydrogens is 322 g/mol. The molecule has 1 N–H and O–H groups in total. The molecule has 1 aliphatic heterocycles. The van der Waals surface area contributed by atoms with Crippen molar-refractivity contribution in [2.24, 2.45) is 5.92 Å². The number of amides is 1.